The first-order valence-corrected chi connectivity index (χ1v) is 9.68. The number of carboxylic acids is 1. The van der Waals surface area contributed by atoms with Gasteiger partial charge >= 0.3 is 5.97 Å². The number of benzene rings is 2. The summed E-state index contributed by atoms with van der Waals surface area (Å²) in [6.07, 6.45) is 2.70. The molecule has 1 heterocycles. The molecule has 1 amide bonds. The summed E-state index contributed by atoms with van der Waals surface area (Å²) in [7, 11) is 0. The lowest BCUT2D eigenvalue weighted by Crippen LogP contribution is -2.19. The number of hydrogen-bond acceptors (Lipinski definition) is 5. The molecule has 1 fully saturated rings. The number of carbonyl (C=O) groups is 2. The van der Waals surface area contributed by atoms with Gasteiger partial charge in [0.2, 0.25) is 0 Å². The van der Waals surface area contributed by atoms with Gasteiger partial charge in [0.1, 0.15) is 5.75 Å². The first-order valence-electron chi connectivity index (χ1n) is 8.86. The molecule has 3 rings (SSSR count). The van der Waals surface area contributed by atoms with Crippen molar-refractivity contribution in [2.45, 2.75) is 19.8 Å². The Bertz CT molecular complexity index is 918. The van der Waals surface area contributed by atoms with Crippen LogP contribution < -0.4 is 10.1 Å². The fourth-order valence-electron chi connectivity index (χ4n) is 2.47. The van der Waals surface area contributed by atoms with Crippen LogP contribution in [0.5, 0.6) is 5.75 Å². The summed E-state index contributed by atoms with van der Waals surface area (Å²) in [5, 5.41) is 11.9. The first kappa shape index (κ1) is 19.7. The lowest BCUT2D eigenvalue weighted by Gasteiger charge is -2.04. The Morgan fingerprint density at radius 3 is 2.54 bits per heavy atom. The Kier molecular flexibility index (Phi) is 6.49. The lowest BCUT2D eigenvalue weighted by molar-refractivity contribution is -0.137. The van der Waals surface area contributed by atoms with Crippen molar-refractivity contribution in [2.24, 2.45) is 4.99 Å². The van der Waals surface area contributed by atoms with Gasteiger partial charge in [0.15, 0.2) is 5.17 Å². The Hall–Kier alpha value is -3.06. The summed E-state index contributed by atoms with van der Waals surface area (Å²) in [4.78, 5) is 27.7. The van der Waals surface area contributed by atoms with Gasteiger partial charge in [-0.1, -0.05) is 31.2 Å². The largest absolute Gasteiger partial charge is 0.493 e. The van der Waals surface area contributed by atoms with Gasteiger partial charge in [-0.25, -0.2) is 4.99 Å². The highest BCUT2D eigenvalue weighted by atomic mass is 32.2. The average molecular weight is 396 g/mol. The Morgan fingerprint density at radius 1 is 1.18 bits per heavy atom. The maximum absolute atomic E-state index is 12.2. The lowest BCUT2D eigenvalue weighted by atomic mass is 10.2. The van der Waals surface area contributed by atoms with E-state index in [-0.39, 0.29) is 18.9 Å². The number of nitrogens with zero attached hydrogens (tertiary/aromatic N) is 1. The van der Waals surface area contributed by atoms with Crippen molar-refractivity contribution in [1.82, 2.24) is 5.32 Å². The number of nitrogens with one attached hydrogen (secondary N) is 1. The Morgan fingerprint density at radius 2 is 1.89 bits per heavy atom. The smallest absolute Gasteiger partial charge is 0.306 e. The minimum absolute atomic E-state index is 0.0497. The molecule has 1 saturated heterocycles. The van der Waals surface area contributed by atoms with Gasteiger partial charge in [-0.3, -0.25) is 9.59 Å². The number of aryl methyl sites for hydroxylation is 1. The third-order valence-corrected chi connectivity index (χ3v) is 4.90. The standard InChI is InChI=1S/C21H20N2O4S/c1-2-14-3-7-16(8-4-14)22-21-23-20(26)18(28-21)13-15-5-9-17(10-6-15)27-12-11-19(24)25/h3-10,13H,2,11-12H2,1H3,(H,24,25)(H,22,23,26)/b18-13+. The normalized spacial score (nSPS) is 16.4. The van der Waals surface area contributed by atoms with Crippen LogP contribution in [0.2, 0.25) is 0 Å². The zero-order chi connectivity index (χ0) is 19.9. The topological polar surface area (TPSA) is 88.0 Å². The van der Waals surface area contributed by atoms with E-state index in [1.807, 2.05) is 36.4 Å². The van der Waals surface area contributed by atoms with Crippen LogP contribution in [-0.2, 0) is 16.0 Å². The first-order chi connectivity index (χ1) is 13.5. The number of carboxylic acid groups (broad SMARTS) is 1. The second-order valence-corrected chi connectivity index (χ2v) is 7.09. The van der Waals surface area contributed by atoms with Crippen molar-refractivity contribution in [1.29, 1.82) is 0 Å². The molecule has 2 aromatic rings. The minimum Gasteiger partial charge on any atom is -0.493 e. The number of ether oxygens (including phenoxy) is 1. The van der Waals surface area contributed by atoms with E-state index in [0.29, 0.717) is 15.8 Å². The summed E-state index contributed by atoms with van der Waals surface area (Å²) in [6, 6.07) is 15.0. The number of amides is 1. The van der Waals surface area contributed by atoms with Crippen molar-refractivity contribution >= 4 is 40.6 Å². The molecular formula is C21H20N2O4S. The summed E-state index contributed by atoms with van der Waals surface area (Å²) in [5.74, 6) is -0.496. The van der Waals surface area contributed by atoms with E-state index in [1.165, 1.54) is 17.3 Å². The third-order valence-electron chi connectivity index (χ3n) is 3.99. The van der Waals surface area contributed by atoms with Crippen LogP contribution in [-0.4, -0.2) is 28.8 Å². The van der Waals surface area contributed by atoms with Gasteiger partial charge < -0.3 is 15.2 Å². The summed E-state index contributed by atoms with van der Waals surface area (Å²) in [5.41, 5.74) is 2.88. The van der Waals surface area contributed by atoms with Gasteiger partial charge in [-0.05, 0) is 59.7 Å². The van der Waals surface area contributed by atoms with Crippen molar-refractivity contribution in [2.75, 3.05) is 6.61 Å². The van der Waals surface area contributed by atoms with E-state index in [4.69, 9.17) is 9.84 Å². The highest BCUT2D eigenvalue weighted by Crippen LogP contribution is 2.28. The van der Waals surface area contributed by atoms with Crippen molar-refractivity contribution in [3.8, 4) is 5.75 Å². The van der Waals surface area contributed by atoms with E-state index in [9.17, 15) is 9.59 Å². The molecule has 0 unspecified atom stereocenters. The van der Waals surface area contributed by atoms with Gasteiger partial charge in [-0.15, -0.1) is 0 Å². The van der Waals surface area contributed by atoms with Crippen molar-refractivity contribution in [3.63, 3.8) is 0 Å². The number of carbonyl (C=O) groups excluding carboxylic acids is 1. The fraction of sp³-hybridized carbons (Fsp3) is 0.190. The average Bonchev–Trinajstić information content (AvgIpc) is 3.02. The second kappa shape index (κ2) is 9.23. The number of hydrogen-bond donors (Lipinski definition) is 2. The van der Waals surface area contributed by atoms with Gasteiger partial charge in [0.25, 0.3) is 5.91 Å². The number of amidine groups is 1. The van der Waals surface area contributed by atoms with E-state index >= 15 is 0 Å². The maximum atomic E-state index is 12.2. The van der Waals surface area contributed by atoms with E-state index in [1.54, 1.807) is 18.2 Å². The van der Waals surface area contributed by atoms with Crippen LogP contribution in [0.15, 0.2) is 58.4 Å². The number of rotatable bonds is 7. The number of thioether (sulfide) groups is 1. The van der Waals surface area contributed by atoms with E-state index < -0.39 is 5.97 Å². The monoisotopic (exact) mass is 396 g/mol. The van der Waals surface area contributed by atoms with Gasteiger partial charge in [0, 0.05) is 0 Å². The molecule has 0 atom stereocenters. The minimum atomic E-state index is -0.899. The van der Waals surface area contributed by atoms with Crippen molar-refractivity contribution < 1.29 is 19.4 Å². The predicted molar refractivity (Wildman–Crippen MR) is 111 cm³/mol. The van der Waals surface area contributed by atoms with Crippen LogP contribution in [0.1, 0.15) is 24.5 Å². The molecule has 6 nitrogen and oxygen atoms in total. The SMILES string of the molecule is CCc1ccc(N=C2NC(=O)/C(=C\c3ccc(OCCC(=O)O)cc3)S2)cc1. The quantitative estimate of drug-likeness (QED) is 0.691. The highest BCUT2D eigenvalue weighted by Gasteiger charge is 2.23. The zero-order valence-electron chi connectivity index (χ0n) is 15.3. The molecule has 2 N–H and O–H groups in total. The van der Waals surface area contributed by atoms with E-state index in [0.717, 1.165) is 17.7 Å². The van der Waals surface area contributed by atoms with Gasteiger partial charge in [0.05, 0.1) is 23.6 Å². The molecule has 0 saturated carbocycles. The maximum Gasteiger partial charge on any atom is 0.306 e. The molecular weight excluding hydrogens is 376 g/mol. The Labute approximate surface area is 167 Å². The second-order valence-electron chi connectivity index (χ2n) is 6.06. The predicted octanol–water partition coefficient (Wildman–Crippen LogP) is 3.99. The molecule has 144 valence electrons. The van der Waals surface area contributed by atoms with Crippen LogP contribution >= 0.6 is 11.8 Å². The summed E-state index contributed by atoms with van der Waals surface area (Å²) in [6.45, 7) is 2.22. The van der Waals surface area contributed by atoms with Crippen molar-refractivity contribution in [3.05, 3.63) is 64.6 Å². The van der Waals surface area contributed by atoms with Crippen LogP contribution in [0.4, 0.5) is 5.69 Å². The fourth-order valence-corrected chi connectivity index (χ4v) is 3.31. The molecule has 0 radical (unpaired) electrons. The van der Waals surface area contributed by atoms with Crippen LogP contribution in [0.25, 0.3) is 6.08 Å². The van der Waals surface area contributed by atoms with Gasteiger partial charge in [-0.2, -0.15) is 0 Å². The number of aliphatic carboxylic acids is 1. The summed E-state index contributed by atoms with van der Waals surface area (Å²) < 4.78 is 5.36. The Balaban J connectivity index is 1.64. The molecule has 1 aliphatic rings. The molecule has 7 heteroatoms. The zero-order valence-corrected chi connectivity index (χ0v) is 16.2. The molecule has 0 aliphatic carbocycles. The van der Waals surface area contributed by atoms with Crippen LogP contribution in [0, 0.1) is 0 Å². The molecule has 2 aromatic carbocycles. The molecule has 0 bridgehead atoms. The van der Waals surface area contributed by atoms with Crippen LogP contribution in [0.3, 0.4) is 0 Å². The van der Waals surface area contributed by atoms with E-state index in [2.05, 4.69) is 17.2 Å². The highest BCUT2D eigenvalue weighted by molar-refractivity contribution is 8.18. The third kappa shape index (κ3) is 5.47. The molecule has 0 aromatic heterocycles. The molecule has 28 heavy (non-hydrogen) atoms. The molecule has 1 aliphatic heterocycles. The number of aliphatic imine (C=N–C) groups is 1. The summed E-state index contributed by atoms with van der Waals surface area (Å²) >= 11 is 1.29. The molecule has 0 spiro atoms.